The van der Waals surface area contributed by atoms with Crippen LogP contribution in [0.15, 0.2) is 23.8 Å². The first kappa shape index (κ1) is 24.1. The number of aliphatic hydroxyl groups excluding tert-OH is 2. The molecule has 0 aromatic heterocycles. The summed E-state index contributed by atoms with van der Waals surface area (Å²) < 4.78 is 0. The van der Waals surface area contributed by atoms with Crippen molar-refractivity contribution >= 4 is 5.91 Å². The Bertz CT molecular complexity index is 552. The summed E-state index contributed by atoms with van der Waals surface area (Å²) in [4.78, 5) is 14.0. The molecule has 0 saturated heterocycles. The first-order chi connectivity index (χ1) is 14.0. The number of nitrogens with zero attached hydrogens (tertiary/aromatic N) is 1. The van der Waals surface area contributed by atoms with E-state index in [9.17, 15) is 15.0 Å². The molecule has 0 radical (unpaired) electrons. The van der Waals surface area contributed by atoms with Gasteiger partial charge in [-0.1, -0.05) is 50.0 Å². The first-order valence-corrected chi connectivity index (χ1v) is 12.0. The van der Waals surface area contributed by atoms with E-state index in [-0.39, 0.29) is 24.0 Å². The van der Waals surface area contributed by atoms with E-state index in [0.29, 0.717) is 18.3 Å². The van der Waals surface area contributed by atoms with Crippen molar-refractivity contribution in [2.75, 3.05) is 13.1 Å². The molecular weight excluding hydrogens is 362 g/mol. The number of fused-ring (bicyclic) bond motifs is 1. The number of hydrogen-bond donors (Lipinski definition) is 2. The Kier molecular flexibility index (Phi) is 10.4. The summed E-state index contributed by atoms with van der Waals surface area (Å²) in [5.41, 5.74) is 1.50. The molecule has 4 nitrogen and oxygen atoms in total. The molecule has 1 amide bonds. The molecular formula is C25H43NO3. The minimum absolute atomic E-state index is 0.177. The molecule has 0 unspecified atom stereocenters. The second-order valence-electron chi connectivity index (χ2n) is 8.98. The highest BCUT2D eigenvalue weighted by Crippen LogP contribution is 2.50. The highest BCUT2D eigenvalue weighted by atomic mass is 16.3. The molecule has 2 aliphatic carbocycles. The Morgan fingerprint density at radius 2 is 1.93 bits per heavy atom. The molecule has 0 bridgehead atoms. The number of amides is 1. The van der Waals surface area contributed by atoms with Gasteiger partial charge in [0.15, 0.2) is 0 Å². The molecule has 2 N–H and O–H groups in total. The van der Waals surface area contributed by atoms with Gasteiger partial charge in [-0.2, -0.15) is 0 Å². The minimum atomic E-state index is -0.382. The van der Waals surface area contributed by atoms with Gasteiger partial charge in [0.2, 0.25) is 5.91 Å². The van der Waals surface area contributed by atoms with Crippen molar-refractivity contribution in [1.82, 2.24) is 4.90 Å². The third-order valence-electron chi connectivity index (χ3n) is 6.91. The van der Waals surface area contributed by atoms with Gasteiger partial charge >= 0.3 is 0 Å². The van der Waals surface area contributed by atoms with Crippen LogP contribution in [0.25, 0.3) is 0 Å². The summed E-state index contributed by atoms with van der Waals surface area (Å²) in [6.07, 6.45) is 15.5. The lowest BCUT2D eigenvalue weighted by molar-refractivity contribution is -0.130. The molecule has 2 saturated carbocycles. The van der Waals surface area contributed by atoms with Crippen molar-refractivity contribution in [1.29, 1.82) is 0 Å². The number of carbonyl (C=O) groups is 1. The fourth-order valence-electron chi connectivity index (χ4n) is 5.19. The van der Waals surface area contributed by atoms with Gasteiger partial charge in [-0.25, -0.2) is 0 Å². The van der Waals surface area contributed by atoms with Crippen molar-refractivity contribution in [3.8, 4) is 0 Å². The number of unbranched alkanes of at least 4 members (excludes halogenated alkanes) is 3. The Morgan fingerprint density at radius 1 is 1.17 bits per heavy atom. The van der Waals surface area contributed by atoms with Crippen LogP contribution in [0.5, 0.6) is 0 Å². The molecule has 0 heterocycles. The third-order valence-corrected chi connectivity index (χ3v) is 6.91. The standard InChI is InChI=1S/C25H43NO3/c1-4-7-8-12-21(27)14-15-22-23-17-19(16-20(23)18-24(22)28)11-9-10-13-25(29)26(5-2)6-3/h11,14-15,20-24,27-28H,4-10,12-13,16-18H2,1-3H3/t20-,21-,22+,23-,24+/m0/s1. The van der Waals surface area contributed by atoms with Crippen LogP contribution in [-0.4, -0.2) is 46.3 Å². The van der Waals surface area contributed by atoms with Crippen LogP contribution >= 0.6 is 0 Å². The largest absolute Gasteiger partial charge is 0.392 e. The lowest BCUT2D eigenvalue weighted by Gasteiger charge is -2.18. The number of aliphatic hydroxyl groups is 2. The number of rotatable bonds is 12. The van der Waals surface area contributed by atoms with E-state index >= 15 is 0 Å². The quantitative estimate of drug-likeness (QED) is 0.360. The molecule has 0 aromatic carbocycles. The molecule has 0 spiro atoms. The van der Waals surface area contributed by atoms with Crippen molar-refractivity contribution < 1.29 is 15.0 Å². The van der Waals surface area contributed by atoms with Gasteiger partial charge in [0.1, 0.15) is 0 Å². The maximum atomic E-state index is 12.1. The average Bonchev–Trinajstić information content (AvgIpc) is 3.21. The fraction of sp³-hybridized carbons (Fsp3) is 0.800. The van der Waals surface area contributed by atoms with Gasteiger partial charge < -0.3 is 15.1 Å². The van der Waals surface area contributed by atoms with Crippen LogP contribution in [0, 0.1) is 17.8 Å². The van der Waals surface area contributed by atoms with Gasteiger partial charge in [0.25, 0.3) is 0 Å². The lowest BCUT2D eigenvalue weighted by atomic mass is 9.90. The van der Waals surface area contributed by atoms with Crippen LogP contribution < -0.4 is 0 Å². The molecule has 2 fully saturated rings. The Hall–Kier alpha value is -1.13. The van der Waals surface area contributed by atoms with E-state index < -0.39 is 0 Å². The smallest absolute Gasteiger partial charge is 0.222 e. The Balaban J connectivity index is 1.79. The van der Waals surface area contributed by atoms with Crippen molar-refractivity contribution in [3.63, 3.8) is 0 Å². The van der Waals surface area contributed by atoms with Gasteiger partial charge in [-0.3, -0.25) is 4.79 Å². The molecule has 166 valence electrons. The maximum Gasteiger partial charge on any atom is 0.222 e. The summed E-state index contributed by atoms with van der Waals surface area (Å²) in [5.74, 6) is 1.52. The van der Waals surface area contributed by atoms with E-state index in [2.05, 4.69) is 19.1 Å². The summed E-state index contributed by atoms with van der Waals surface area (Å²) in [5, 5.41) is 20.7. The van der Waals surface area contributed by atoms with E-state index in [4.69, 9.17) is 0 Å². The summed E-state index contributed by atoms with van der Waals surface area (Å²) in [6.45, 7) is 7.83. The number of allylic oxidation sites excluding steroid dienone is 2. The molecule has 2 rings (SSSR count). The molecule has 5 atom stereocenters. The normalized spacial score (nSPS) is 28.9. The highest BCUT2D eigenvalue weighted by molar-refractivity contribution is 5.76. The fourth-order valence-corrected chi connectivity index (χ4v) is 5.19. The van der Waals surface area contributed by atoms with E-state index in [0.717, 1.165) is 64.5 Å². The minimum Gasteiger partial charge on any atom is -0.392 e. The SMILES string of the molecule is CCCCC[C@H](O)C=C[C@@H]1[C@H]2CC(=CCCCC(=O)N(CC)CC)C[C@H]2C[C@H]1O. The van der Waals surface area contributed by atoms with Crippen molar-refractivity contribution in [3.05, 3.63) is 23.8 Å². The first-order valence-electron chi connectivity index (χ1n) is 12.0. The number of carbonyl (C=O) groups excluding carboxylic acids is 1. The van der Waals surface area contributed by atoms with Crippen LogP contribution in [0.2, 0.25) is 0 Å². The molecule has 4 heteroatoms. The zero-order chi connectivity index (χ0) is 21.2. The lowest BCUT2D eigenvalue weighted by Crippen LogP contribution is -2.30. The maximum absolute atomic E-state index is 12.1. The zero-order valence-electron chi connectivity index (χ0n) is 18.9. The van der Waals surface area contributed by atoms with Crippen LogP contribution in [-0.2, 0) is 4.79 Å². The Labute approximate surface area is 178 Å². The van der Waals surface area contributed by atoms with Crippen LogP contribution in [0.1, 0.15) is 85.0 Å². The molecule has 29 heavy (non-hydrogen) atoms. The Morgan fingerprint density at radius 3 is 2.62 bits per heavy atom. The van der Waals surface area contributed by atoms with Crippen LogP contribution in [0.3, 0.4) is 0 Å². The predicted molar refractivity (Wildman–Crippen MR) is 119 cm³/mol. The zero-order valence-corrected chi connectivity index (χ0v) is 18.9. The van der Waals surface area contributed by atoms with Gasteiger partial charge in [-0.15, -0.1) is 0 Å². The van der Waals surface area contributed by atoms with Gasteiger partial charge in [0.05, 0.1) is 12.2 Å². The summed E-state index contributed by atoms with van der Waals surface area (Å²) >= 11 is 0. The van der Waals surface area contributed by atoms with E-state index in [1.807, 2.05) is 24.8 Å². The van der Waals surface area contributed by atoms with Crippen LogP contribution in [0.4, 0.5) is 0 Å². The monoisotopic (exact) mass is 405 g/mol. The molecule has 2 aliphatic rings. The van der Waals surface area contributed by atoms with Crippen molar-refractivity contribution in [2.24, 2.45) is 17.8 Å². The second-order valence-corrected chi connectivity index (χ2v) is 8.98. The highest BCUT2D eigenvalue weighted by Gasteiger charge is 2.44. The van der Waals surface area contributed by atoms with Crippen molar-refractivity contribution in [2.45, 2.75) is 97.2 Å². The molecule has 0 aromatic rings. The number of hydrogen-bond acceptors (Lipinski definition) is 3. The van der Waals surface area contributed by atoms with Gasteiger partial charge in [-0.05, 0) is 64.2 Å². The topological polar surface area (TPSA) is 60.8 Å². The van der Waals surface area contributed by atoms with E-state index in [1.54, 1.807) is 0 Å². The second kappa shape index (κ2) is 12.5. The third kappa shape index (κ3) is 7.25. The van der Waals surface area contributed by atoms with E-state index in [1.165, 1.54) is 12.0 Å². The molecule has 0 aliphatic heterocycles. The summed E-state index contributed by atoms with van der Waals surface area (Å²) in [6, 6.07) is 0. The summed E-state index contributed by atoms with van der Waals surface area (Å²) in [7, 11) is 0. The predicted octanol–water partition coefficient (Wildman–Crippen LogP) is 4.86. The average molecular weight is 406 g/mol. The van der Waals surface area contributed by atoms with Gasteiger partial charge in [0, 0.05) is 25.4 Å².